The van der Waals surface area contributed by atoms with E-state index in [0.29, 0.717) is 5.56 Å². The maximum atomic E-state index is 10.3. The number of aliphatic carboxylic acids is 1. The number of hydrogen-bond acceptors (Lipinski definition) is 6. The van der Waals surface area contributed by atoms with Crippen LogP contribution in [0.5, 0.6) is 17.2 Å². The standard InChI is InChI=1S/C9H8O3.C7H6O5/c10-8(9(11)12)6-7-4-2-1-3-5-7;8-4-2-1-3(7(11)12)5(9)6(4)10/h1-6,10H,(H,11,12);1-2,8-10H,(H,11,12). The maximum absolute atomic E-state index is 10.3. The lowest BCUT2D eigenvalue weighted by Crippen LogP contribution is -1.98. The number of phenolic OH excluding ortho intramolecular Hbond substituents is 2. The van der Waals surface area contributed by atoms with Gasteiger partial charge in [-0.1, -0.05) is 30.3 Å². The molecule has 2 rings (SSSR count). The lowest BCUT2D eigenvalue weighted by molar-refractivity contribution is -0.135. The fourth-order valence-corrected chi connectivity index (χ4v) is 1.51. The van der Waals surface area contributed by atoms with Gasteiger partial charge in [-0.3, -0.25) is 0 Å². The molecule has 0 bridgehead atoms. The van der Waals surface area contributed by atoms with E-state index in [1.54, 1.807) is 24.3 Å². The Hall–Kier alpha value is -3.68. The summed E-state index contributed by atoms with van der Waals surface area (Å²) in [4.78, 5) is 20.5. The fourth-order valence-electron chi connectivity index (χ4n) is 1.51. The normalized spacial score (nSPS) is 10.4. The van der Waals surface area contributed by atoms with Crippen LogP contribution in [0.15, 0.2) is 48.2 Å². The average Bonchev–Trinajstić information content (AvgIpc) is 2.54. The van der Waals surface area contributed by atoms with E-state index in [-0.39, 0.29) is 0 Å². The zero-order valence-electron chi connectivity index (χ0n) is 12.1. The summed E-state index contributed by atoms with van der Waals surface area (Å²) >= 11 is 0. The van der Waals surface area contributed by atoms with E-state index >= 15 is 0 Å². The second-order valence-electron chi connectivity index (χ2n) is 4.38. The van der Waals surface area contributed by atoms with E-state index in [1.165, 1.54) is 6.08 Å². The van der Waals surface area contributed by atoms with Crippen molar-refractivity contribution in [1.82, 2.24) is 0 Å². The average molecular weight is 334 g/mol. The summed E-state index contributed by atoms with van der Waals surface area (Å²) in [6.45, 7) is 0. The summed E-state index contributed by atoms with van der Waals surface area (Å²) in [6, 6.07) is 10.7. The van der Waals surface area contributed by atoms with Crippen LogP contribution in [0.4, 0.5) is 0 Å². The minimum absolute atomic E-state index is 0.453. The number of aliphatic hydroxyl groups is 1. The van der Waals surface area contributed by atoms with Crippen molar-refractivity contribution in [2.75, 3.05) is 0 Å². The van der Waals surface area contributed by atoms with Crippen molar-refractivity contribution in [3.8, 4) is 17.2 Å². The summed E-state index contributed by atoms with van der Waals surface area (Å²) in [5.41, 5.74) is 0.211. The van der Waals surface area contributed by atoms with Crippen LogP contribution in [0.25, 0.3) is 6.08 Å². The number of aromatic carboxylic acids is 1. The molecule has 0 heterocycles. The van der Waals surface area contributed by atoms with Crippen molar-refractivity contribution in [3.63, 3.8) is 0 Å². The second kappa shape index (κ2) is 8.08. The number of hydrogen-bond donors (Lipinski definition) is 6. The highest BCUT2D eigenvalue weighted by Gasteiger charge is 2.15. The quantitative estimate of drug-likeness (QED) is 0.283. The van der Waals surface area contributed by atoms with Crippen molar-refractivity contribution < 1.29 is 40.2 Å². The van der Waals surface area contributed by atoms with Crippen molar-refractivity contribution in [2.24, 2.45) is 0 Å². The van der Waals surface area contributed by atoms with Gasteiger partial charge >= 0.3 is 11.9 Å². The number of aromatic hydroxyl groups is 3. The summed E-state index contributed by atoms with van der Waals surface area (Å²) in [7, 11) is 0. The summed E-state index contributed by atoms with van der Waals surface area (Å²) < 4.78 is 0. The van der Waals surface area contributed by atoms with Gasteiger partial charge in [0.1, 0.15) is 5.56 Å². The molecule has 0 aliphatic heterocycles. The lowest BCUT2D eigenvalue weighted by Gasteiger charge is -2.02. The van der Waals surface area contributed by atoms with Gasteiger partial charge in [0, 0.05) is 0 Å². The third-order valence-corrected chi connectivity index (χ3v) is 2.68. The molecule has 0 aliphatic carbocycles. The Morgan fingerprint density at radius 3 is 1.88 bits per heavy atom. The van der Waals surface area contributed by atoms with E-state index < -0.39 is 40.5 Å². The minimum atomic E-state index is -1.37. The Balaban J connectivity index is 0.000000240. The molecule has 8 heteroatoms. The topological polar surface area (TPSA) is 156 Å². The van der Waals surface area contributed by atoms with E-state index in [1.807, 2.05) is 6.07 Å². The van der Waals surface area contributed by atoms with E-state index in [4.69, 9.17) is 30.6 Å². The molecule has 0 fully saturated rings. The number of carboxylic acids is 2. The third kappa shape index (κ3) is 4.95. The van der Waals surface area contributed by atoms with Crippen LogP contribution in [0.3, 0.4) is 0 Å². The first-order valence-corrected chi connectivity index (χ1v) is 6.40. The Bertz CT molecular complexity index is 765. The molecule has 2 aromatic carbocycles. The molecule has 0 unspecified atom stereocenters. The minimum Gasteiger partial charge on any atom is -0.504 e. The first kappa shape index (κ1) is 18.4. The molecule has 126 valence electrons. The van der Waals surface area contributed by atoms with Crippen LogP contribution in [-0.2, 0) is 4.79 Å². The molecule has 6 N–H and O–H groups in total. The molecule has 8 nitrogen and oxygen atoms in total. The maximum Gasteiger partial charge on any atom is 0.370 e. The second-order valence-corrected chi connectivity index (χ2v) is 4.38. The zero-order valence-corrected chi connectivity index (χ0v) is 12.1. The predicted octanol–water partition coefficient (Wildman–Crippen LogP) is 2.17. The van der Waals surface area contributed by atoms with Crippen molar-refractivity contribution in [1.29, 1.82) is 0 Å². The van der Waals surface area contributed by atoms with Crippen molar-refractivity contribution in [2.45, 2.75) is 0 Å². The number of phenols is 3. The van der Waals surface area contributed by atoms with Gasteiger partial charge < -0.3 is 30.6 Å². The Kier molecular flexibility index (Phi) is 6.19. The third-order valence-electron chi connectivity index (χ3n) is 2.68. The SMILES string of the molecule is O=C(O)C(O)=Cc1ccccc1.O=C(O)c1ccc(O)c(O)c1O. The summed E-state index contributed by atoms with van der Waals surface area (Å²) in [5, 5.41) is 52.2. The predicted molar refractivity (Wildman–Crippen MR) is 83.1 cm³/mol. The molecule has 0 saturated heterocycles. The molecule has 0 aromatic heterocycles. The van der Waals surface area contributed by atoms with Gasteiger partial charge in [-0.05, 0) is 23.8 Å². The molecule has 0 atom stereocenters. The fraction of sp³-hybridized carbons (Fsp3) is 0. The van der Waals surface area contributed by atoms with E-state index in [9.17, 15) is 9.59 Å². The molecule has 0 radical (unpaired) electrons. The van der Waals surface area contributed by atoms with Crippen LogP contribution >= 0.6 is 0 Å². The van der Waals surface area contributed by atoms with Gasteiger partial charge in [-0.15, -0.1) is 0 Å². The van der Waals surface area contributed by atoms with Crippen LogP contribution < -0.4 is 0 Å². The van der Waals surface area contributed by atoms with Crippen LogP contribution in [0.1, 0.15) is 15.9 Å². The molecule has 0 saturated carbocycles. The van der Waals surface area contributed by atoms with E-state index in [2.05, 4.69) is 0 Å². The largest absolute Gasteiger partial charge is 0.504 e. The molecular formula is C16H14O8. The van der Waals surface area contributed by atoms with Gasteiger partial charge in [0.15, 0.2) is 11.5 Å². The van der Waals surface area contributed by atoms with Gasteiger partial charge in [0.05, 0.1) is 0 Å². The first-order valence-electron chi connectivity index (χ1n) is 6.40. The summed E-state index contributed by atoms with van der Waals surface area (Å²) in [5.74, 6) is -5.56. The Labute approximate surface area is 135 Å². The number of rotatable bonds is 3. The molecule has 0 spiro atoms. The van der Waals surface area contributed by atoms with E-state index in [0.717, 1.165) is 12.1 Å². The van der Waals surface area contributed by atoms with Gasteiger partial charge in [-0.25, -0.2) is 9.59 Å². The molecule has 24 heavy (non-hydrogen) atoms. The number of carboxylic acid groups (broad SMARTS) is 2. The number of benzene rings is 2. The van der Waals surface area contributed by atoms with Crippen molar-refractivity contribution >= 4 is 18.0 Å². The zero-order chi connectivity index (χ0) is 18.3. The molecule has 0 amide bonds. The molecule has 0 aliphatic rings. The highest BCUT2D eigenvalue weighted by atomic mass is 16.4. The smallest absolute Gasteiger partial charge is 0.370 e. The highest BCUT2D eigenvalue weighted by molar-refractivity contribution is 5.92. The highest BCUT2D eigenvalue weighted by Crippen LogP contribution is 2.36. The van der Waals surface area contributed by atoms with Gasteiger partial charge in [0.2, 0.25) is 11.5 Å². The van der Waals surface area contributed by atoms with Gasteiger partial charge in [-0.2, -0.15) is 0 Å². The summed E-state index contributed by atoms with van der Waals surface area (Å²) in [6.07, 6.45) is 1.20. The van der Waals surface area contributed by atoms with Crippen LogP contribution in [-0.4, -0.2) is 42.6 Å². The lowest BCUT2D eigenvalue weighted by atomic mass is 10.2. The first-order chi connectivity index (χ1) is 11.2. The number of carbonyl (C=O) groups is 2. The monoisotopic (exact) mass is 334 g/mol. The van der Waals surface area contributed by atoms with Crippen LogP contribution in [0.2, 0.25) is 0 Å². The van der Waals surface area contributed by atoms with Gasteiger partial charge in [0.25, 0.3) is 0 Å². The number of aliphatic hydroxyl groups excluding tert-OH is 1. The molecular weight excluding hydrogens is 320 g/mol. The van der Waals surface area contributed by atoms with Crippen molar-refractivity contribution in [3.05, 3.63) is 59.4 Å². The Morgan fingerprint density at radius 2 is 1.38 bits per heavy atom. The molecule has 2 aromatic rings. The van der Waals surface area contributed by atoms with Crippen LogP contribution in [0, 0.1) is 0 Å². The Morgan fingerprint density at radius 1 is 0.792 bits per heavy atom.